The van der Waals surface area contributed by atoms with E-state index >= 15 is 0 Å². The summed E-state index contributed by atoms with van der Waals surface area (Å²) in [6.07, 6.45) is 3.33. The molecule has 0 rings (SSSR count). The van der Waals surface area contributed by atoms with Gasteiger partial charge in [-0.05, 0) is 46.7 Å². The van der Waals surface area contributed by atoms with Crippen molar-refractivity contribution in [3.8, 4) is 0 Å². The van der Waals surface area contributed by atoms with Crippen LogP contribution in [0.2, 0.25) is 0 Å². The highest BCUT2D eigenvalue weighted by atomic mass is 16.5. The highest BCUT2D eigenvalue weighted by molar-refractivity contribution is 4.81. The van der Waals surface area contributed by atoms with Gasteiger partial charge in [0.2, 0.25) is 0 Å². The van der Waals surface area contributed by atoms with E-state index in [1.807, 2.05) is 0 Å². The van der Waals surface area contributed by atoms with Gasteiger partial charge in [-0.3, -0.25) is 4.90 Å². The SMILES string of the molecule is CCNC(C)(CO)CCCCN(CCOC)C(C)C. The van der Waals surface area contributed by atoms with Gasteiger partial charge in [0.05, 0.1) is 13.2 Å². The highest BCUT2D eigenvalue weighted by Gasteiger charge is 2.21. The Morgan fingerprint density at radius 2 is 1.95 bits per heavy atom. The van der Waals surface area contributed by atoms with Gasteiger partial charge >= 0.3 is 0 Å². The lowest BCUT2D eigenvalue weighted by Crippen LogP contribution is -2.45. The third kappa shape index (κ3) is 8.58. The number of rotatable bonds is 12. The molecular weight excluding hydrogens is 240 g/mol. The van der Waals surface area contributed by atoms with Crippen LogP contribution in [0.5, 0.6) is 0 Å². The first-order chi connectivity index (χ1) is 8.99. The van der Waals surface area contributed by atoms with Crippen molar-refractivity contribution >= 4 is 0 Å². The van der Waals surface area contributed by atoms with Crippen molar-refractivity contribution in [3.05, 3.63) is 0 Å². The summed E-state index contributed by atoms with van der Waals surface area (Å²) in [6.45, 7) is 12.7. The molecule has 0 aromatic carbocycles. The Bertz CT molecular complexity index is 212. The van der Waals surface area contributed by atoms with Gasteiger partial charge in [-0.15, -0.1) is 0 Å². The van der Waals surface area contributed by atoms with Crippen LogP contribution >= 0.6 is 0 Å². The summed E-state index contributed by atoms with van der Waals surface area (Å²) in [5, 5.41) is 12.8. The molecule has 0 aromatic heterocycles. The van der Waals surface area contributed by atoms with Crippen LogP contribution in [0.4, 0.5) is 0 Å². The maximum atomic E-state index is 9.44. The molecule has 19 heavy (non-hydrogen) atoms. The zero-order valence-corrected chi connectivity index (χ0v) is 13.5. The molecule has 0 saturated heterocycles. The van der Waals surface area contributed by atoms with Crippen molar-refractivity contribution in [2.45, 2.75) is 58.5 Å². The molecule has 0 aliphatic carbocycles. The Hall–Kier alpha value is -0.160. The van der Waals surface area contributed by atoms with Crippen LogP contribution in [0.1, 0.15) is 47.0 Å². The molecule has 0 radical (unpaired) electrons. The molecule has 1 atom stereocenters. The van der Waals surface area contributed by atoms with E-state index < -0.39 is 0 Å². The fourth-order valence-corrected chi connectivity index (χ4v) is 2.32. The monoisotopic (exact) mass is 274 g/mol. The number of aliphatic hydroxyl groups is 1. The second-order valence-electron chi connectivity index (χ2n) is 5.83. The van der Waals surface area contributed by atoms with Crippen molar-refractivity contribution in [2.75, 3.05) is 40.0 Å². The van der Waals surface area contributed by atoms with E-state index in [9.17, 15) is 5.11 Å². The van der Waals surface area contributed by atoms with Gasteiger partial charge in [-0.1, -0.05) is 13.3 Å². The summed E-state index contributed by atoms with van der Waals surface area (Å²) in [5.74, 6) is 0. The molecule has 4 heteroatoms. The van der Waals surface area contributed by atoms with Crippen LogP contribution in [0.3, 0.4) is 0 Å². The van der Waals surface area contributed by atoms with E-state index in [1.54, 1.807) is 7.11 Å². The number of methoxy groups -OCH3 is 1. The number of aliphatic hydroxyl groups excluding tert-OH is 1. The number of hydrogen-bond donors (Lipinski definition) is 2. The Balaban J connectivity index is 3.92. The first kappa shape index (κ1) is 18.8. The van der Waals surface area contributed by atoms with E-state index in [0.717, 1.165) is 39.1 Å². The average molecular weight is 274 g/mol. The Morgan fingerprint density at radius 3 is 2.42 bits per heavy atom. The smallest absolute Gasteiger partial charge is 0.0610 e. The number of ether oxygens (including phenoxy) is 1. The molecule has 1 unspecified atom stereocenters. The normalized spacial score (nSPS) is 15.2. The number of nitrogens with zero attached hydrogens (tertiary/aromatic N) is 1. The van der Waals surface area contributed by atoms with Crippen molar-refractivity contribution < 1.29 is 9.84 Å². The van der Waals surface area contributed by atoms with Crippen LogP contribution in [0.25, 0.3) is 0 Å². The van der Waals surface area contributed by atoms with Crippen LogP contribution in [0.15, 0.2) is 0 Å². The molecule has 4 nitrogen and oxygen atoms in total. The lowest BCUT2D eigenvalue weighted by atomic mass is 9.95. The molecule has 116 valence electrons. The molecule has 2 N–H and O–H groups in total. The van der Waals surface area contributed by atoms with Crippen LogP contribution in [-0.2, 0) is 4.74 Å². The summed E-state index contributed by atoms with van der Waals surface area (Å²) < 4.78 is 5.15. The molecule has 0 aliphatic rings. The molecule has 0 fully saturated rings. The second kappa shape index (κ2) is 10.6. The topological polar surface area (TPSA) is 44.7 Å². The van der Waals surface area contributed by atoms with E-state index in [4.69, 9.17) is 4.74 Å². The number of hydrogen-bond acceptors (Lipinski definition) is 4. The average Bonchev–Trinajstić information content (AvgIpc) is 2.37. The molecule has 0 heterocycles. The third-order valence-corrected chi connectivity index (χ3v) is 3.69. The van der Waals surface area contributed by atoms with Gasteiger partial charge in [0, 0.05) is 25.2 Å². The third-order valence-electron chi connectivity index (χ3n) is 3.69. The van der Waals surface area contributed by atoms with Crippen molar-refractivity contribution in [3.63, 3.8) is 0 Å². The van der Waals surface area contributed by atoms with E-state index in [2.05, 4.69) is 37.9 Å². The quantitative estimate of drug-likeness (QED) is 0.533. The van der Waals surface area contributed by atoms with Crippen molar-refractivity contribution in [1.82, 2.24) is 10.2 Å². The summed E-state index contributed by atoms with van der Waals surface area (Å²) in [7, 11) is 1.75. The van der Waals surface area contributed by atoms with E-state index in [1.165, 1.54) is 6.42 Å². The highest BCUT2D eigenvalue weighted by Crippen LogP contribution is 2.14. The fourth-order valence-electron chi connectivity index (χ4n) is 2.32. The lowest BCUT2D eigenvalue weighted by molar-refractivity contribution is 0.125. The van der Waals surface area contributed by atoms with Crippen LogP contribution in [0, 0.1) is 0 Å². The maximum absolute atomic E-state index is 9.44. The van der Waals surface area contributed by atoms with Crippen molar-refractivity contribution in [2.24, 2.45) is 0 Å². The zero-order valence-electron chi connectivity index (χ0n) is 13.5. The lowest BCUT2D eigenvalue weighted by Gasteiger charge is -2.30. The summed E-state index contributed by atoms with van der Waals surface area (Å²) in [6, 6.07) is 0.563. The van der Waals surface area contributed by atoms with E-state index in [-0.39, 0.29) is 12.1 Å². The minimum absolute atomic E-state index is 0.121. The summed E-state index contributed by atoms with van der Waals surface area (Å²) in [5.41, 5.74) is -0.121. The van der Waals surface area contributed by atoms with E-state index in [0.29, 0.717) is 6.04 Å². The molecule has 0 aromatic rings. The zero-order chi connectivity index (χ0) is 14.7. The van der Waals surface area contributed by atoms with Crippen LogP contribution < -0.4 is 5.32 Å². The standard InChI is InChI=1S/C15H34N2O2/c1-6-16-15(4,13-18)9-7-8-10-17(14(2)3)11-12-19-5/h14,16,18H,6-13H2,1-5H3. The molecule has 0 spiro atoms. The Labute approximate surface area is 119 Å². The molecular formula is C15H34N2O2. The summed E-state index contributed by atoms with van der Waals surface area (Å²) in [4.78, 5) is 2.45. The predicted octanol–water partition coefficient (Wildman–Crippen LogP) is 1.87. The Kier molecular flexibility index (Phi) is 10.5. The number of unbranched alkanes of at least 4 members (excludes halogenated alkanes) is 1. The predicted molar refractivity (Wildman–Crippen MR) is 81.6 cm³/mol. The second-order valence-corrected chi connectivity index (χ2v) is 5.83. The first-order valence-electron chi connectivity index (χ1n) is 7.58. The van der Waals surface area contributed by atoms with Gasteiger partial charge in [0.15, 0.2) is 0 Å². The maximum Gasteiger partial charge on any atom is 0.0610 e. The minimum Gasteiger partial charge on any atom is -0.394 e. The van der Waals surface area contributed by atoms with Gasteiger partial charge in [-0.25, -0.2) is 0 Å². The fraction of sp³-hybridized carbons (Fsp3) is 1.00. The van der Waals surface area contributed by atoms with Gasteiger partial charge in [0.25, 0.3) is 0 Å². The molecule has 0 bridgehead atoms. The molecule has 0 amide bonds. The number of likely N-dealkylation sites (N-methyl/N-ethyl adjacent to an activating group) is 1. The molecule has 0 aliphatic heterocycles. The van der Waals surface area contributed by atoms with Gasteiger partial charge in [0.1, 0.15) is 0 Å². The summed E-state index contributed by atoms with van der Waals surface area (Å²) >= 11 is 0. The Morgan fingerprint density at radius 1 is 1.26 bits per heavy atom. The van der Waals surface area contributed by atoms with Gasteiger partial charge in [-0.2, -0.15) is 0 Å². The van der Waals surface area contributed by atoms with Gasteiger partial charge < -0.3 is 15.2 Å². The number of nitrogens with one attached hydrogen (secondary N) is 1. The largest absolute Gasteiger partial charge is 0.394 e. The molecule has 0 saturated carbocycles. The first-order valence-corrected chi connectivity index (χ1v) is 7.58. The minimum atomic E-state index is -0.121. The van der Waals surface area contributed by atoms with Crippen molar-refractivity contribution in [1.29, 1.82) is 0 Å². The van der Waals surface area contributed by atoms with Crippen LogP contribution in [-0.4, -0.2) is 61.5 Å².